The average molecular weight is 452 g/mol. The van der Waals surface area contributed by atoms with Crippen molar-refractivity contribution in [1.82, 2.24) is 19.5 Å². The molecule has 1 aliphatic carbocycles. The van der Waals surface area contributed by atoms with Gasteiger partial charge in [-0.2, -0.15) is 4.98 Å². The lowest BCUT2D eigenvalue weighted by Crippen LogP contribution is -2.32. The quantitative estimate of drug-likeness (QED) is 0.577. The maximum atomic E-state index is 14.1. The fraction of sp³-hybridized carbons (Fsp3) is 0.417. The summed E-state index contributed by atoms with van der Waals surface area (Å²) < 4.78 is 26.8. The van der Waals surface area contributed by atoms with Crippen molar-refractivity contribution < 1.29 is 18.7 Å². The van der Waals surface area contributed by atoms with Crippen LogP contribution in [0.5, 0.6) is 0 Å². The molecule has 2 unspecified atom stereocenters. The Hall–Kier alpha value is -3.33. The van der Waals surface area contributed by atoms with Crippen LogP contribution in [0, 0.1) is 11.7 Å². The topological polar surface area (TPSA) is 99.1 Å². The SMILES string of the molecule is COC(=O)c1ccc2nc(CC3CC=C(c4[nH]c(=O)ncc4F)CC3)n(CC3CCO3)c2c1. The van der Waals surface area contributed by atoms with Crippen LogP contribution in [0.4, 0.5) is 4.39 Å². The van der Waals surface area contributed by atoms with E-state index in [-0.39, 0.29) is 17.8 Å². The molecule has 0 bridgehead atoms. The van der Waals surface area contributed by atoms with Crippen LogP contribution in [-0.4, -0.2) is 45.3 Å². The molecule has 33 heavy (non-hydrogen) atoms. The minimum atomic E-state index is -0.548. The van der Waals surface area contributed by atoms with Crippen molar-refractivity contribution in [1.29, 1.82) is 0 Å². The van der Waals surface area contributed by atoms with Crippen molar-refractivity contribution >= 4 is 22.6 Å². The Labute approximate surface area is 189 Å². The minimum Gasteiger partial charge on any atom is -0.465 e. The summed E-state index contributed by atoms with van der Waals surface area (Å²) >= 11 is 0. The first kappa shape index (κ1) is 21.5. The number of fused-ring (bicyclic) bond motifs is 1. The van der Waals surface area contributed by atoms with E-state index in [4.69, 9.17) is 14.5 Å². The van der Waals surface area contributed by atoms with E-state index >= 15 is 0 Å². The zero-order valence-corrected chi connectivity index (χ0v) is 18.3. The predicted octanol–water partition coefficient (Wildman–Crippen LogP) is 3.26. The number of hydrogen-bond donors (Lipinski definition) is 1. The fourth-order valence-corrected chi connectivity index (χ4v) is 4.58. The van der Waals surface area contributed by atoms with E-state index < -0.39 is 11.5 Å². The van der Waals surface area contributed by atoms with E-state index in [1.165, 1.54) is 7.11 Å². The first-order valence-electron chi connectivity index (χ1n) is 11.1. The van der Waals surface area contributed by atoms with Gasteiger partial charge in [0.05, 0.1) is 48.2 Å². The zero-order chi connectivity index (χ0) is 22.9. The Bertz CT molecular complexity index is 1290. The molecule has 0 saturated carbocycles. The number of allylic oxidation sites excluding steroid dienone is 2. The Morgan fingerprint density at radius 2 is 2.21 bits per heavy atom. The van der Waals surface area contributed by atoms with Gasteiger partial charge in [0.25, 0.3) is 0 Å². The number of imidazole rings is 1. The molecule has 1 N–H and O–H groups in total. The number of carbonyl (C=O) groups is 1. The van der Waals surface area contributed by atoms with Crippen LogP contribution in [0.15, 0.2) is 35.3 Å². The number of nitrogens with one attached hydrogen (secondary N) is 1. The number of aromatic nitrogens is 4. The highest BCUT2D eigenvalue weighted by Gasteiger charge is 2.25. The summed E-state index contributed by atoms with van der Waals surface area (Å²) in [5.74, 6) is 0.400. The highest BCUT2D eigenvalue weighted by Crippen LogP contribution is 2.33. The number of ether oxygens (including phenoxy) is 2. The Kier molecular flexibility index (Phi) is 5.80. The molecule has 5 rings (SSSR count). The number of methoxy groups -OCH3 is 1. The molecule has 2 aromatic heterocycles. The summed E-state index contributed by atoms with van der Waals surface area (Å²) in [6.07, 6.45) is 7.15. The van der Waals surface area contributed by atoms with Crippen LogP contribution >= 0.6 is 0 Å². The van der Waals surface area contributed by atoms with Crippen LogP contribution in [0.3, 0.4) is 0 Å². The number of esters is 1. The van der Waals surface area contributed by atoms with Crippen molar-refractivity contribution in [3.63, 3.8) is 0 Å². The van der Waals surface area contributed by atoms with Crippen molar-refractivity contribution in [3.8, 4) is 0 Å². The second-order valence-electron chi connectivity index (χ2n) is 8.60. The largest absolute Gasteiger partial charge is 0.465 e. The first-order chi connectivity index (χ1) is 16.0. The summed E-state index contributed by atoms with van der Waals surface area (Å²) in [5.41, 5.74) is 2.71. The van der Waals surface area contributed by atoms with Gasteiger partial charge in [0.15, 0.2) is 5.82 Å². The molecule has 2 atom stereocenters. The summed E-state index contributed by atoms with van der Waals surface area (Å²) in [7, 11) is 1.37. The van der Waals surface area contributed by atoms with Gasteiger partial charge >= 0.3 is 11.7 Å². The first-order valence-corrected chi connectivity index (χ1v) is 11.1. The molecule has 0 amide bonds. The molecule has 3 heterocycles. The van der Waals surface area contributed by atoms with Crippen LogP contribution in [-0.2, 0) is 22.4 Å². The third kappa shape index (κ3) is 4.32. The number of H-pyrrole nitrogens is 1. The second-order valence-corrected chi connectivity index (χ2v) is 8.60. The Balaban J connectivity index is 1.40. The molecule has 3 aromatic rings. The molecular formula is C24H25FN4O4. The van der Waals surface area contributed by atoms with E-state index in [1.54, 1.807) is 6.07 Å². The van der Waals surface area contributed by atoms with Gasteiger partial charge in [-0.05, 0) is 55.4 Å². The van der Waals surface area contributed by atoms with Gasteiger partial charge in [-0.3, -0.25) is 0 Å². The van der Waals surface area contributed by atoms with Crippen LogP contribution in [0.25, 0.3) is 16.6 Å². The van der Waals surface area contributed by atoms with E-state index in [9.17, 15) is 14.0 Å². The van der Waals surface area contributed by atoms with Crippen molar-refractivity contribution in [2.45, 2.75) is 44.8 Å². The normalized spacial score (nSPS) is 20.4. The lowest BCUT2D eigenvalue weighted by molar-refractivity contribution is -0.0590. The maximum absolute atomic E-state index is 14.1. The van der Waals surface area contributed by atoms with E-state index in [2.05, 4.69) is 14.5 Å². The lowest BCUT2D eigenvalue weighted by atomic mass is 9.86. The number of halogens is 1. The average Bonchev–Trinajstić information content (AvgIpc) is 3.13. The zero-order valence-electron chi connectivity index (χ0n) is 18.3. The second kappa shape index (κ2) is 8.90. The highest BCUT2D eigenvalue weighted by atomic mass is 19.1. The summed E-state index contributed by atoms with van der Waals surface area (Å²) in [4.78, 5) is 34.4. The standard InChI is InChI=1S/C24H25FN4O4/c1-32-23(30)16-6-7-19-20(11-16)29(13-17-8-9-33-17)21(27-19)10-14-2-4-15(5-3-14)22-18(25)12-26-24(31)28-22/h4,6-7,11-12,14,17H,2-3,5,8-10,13H2,1H3,(H,26,28,31). The van der Waals surface area contributed by atoms with Gasteiger partial charge < -0.3 is 19.0 Å². The molecule has 0 spiro atoms. The fourth-order valence-electron chi connectivity index (χ4n) is 4.58. The van der Waals surface area contributed by atoms with E-state index in [0.29, 0.717) is 24.4 Å². The third-order valence-electron chi connectivity index (χ3n) is 6.51. The Morgan fingerprint density at radius 3 is 2.91 bits per heavy atom. The smallest absolute Gasteiger partial charge is 0.345 e. The number of benzene rings is 1. The van der Waals surface area contributed by atoms with Crippen molar-refractivity contribution in [3.05, 3.63) is 63.9 Å². The van der Waals surface area contributed by atoms with E-state index in [1.807, 2.05) is 18.2 Å². The van der Waals surface area contributed by atoms with Gasteiger partial charge in [0.2, 0.25) is 0 Å². The van der Waals surface area contributed by atoms with Gasteiger partial charge in [-0.15, -0.1) is 0 Å². The molecule has 1 fully saturated rings. The number of rotatable bonds is 6. The number of aromatic amines is 1. The van der Waals surface area contributed by atoms with Gasteiger partial charge in [-0.25, -0.2) is 19.0 Å². The number of carbonyl (C=O) groups excluding carboxylic acids is 1. The number of hydrogen-bond acceptors (Lipinski definition) is 6. The van der Waals surface area contributed by atoms with Crippen LogP contribution < -0.4 is 5.69 Å². The van der Waals surface area contributed by atoms with Gasteiger partial charge in [0.1, 0.15) is 5.82 Å². The van der Waals surface area contributed by atoms with E-state index in [0.717, 1.165) is 60.9 Å². The molecule has 1 aromatic carbocycles. The van der Waals surface area contributed by atoms with Crippen LogP contribution in [0.1, 0.15) is 47.6 Å². The molecule has 1 saturated heterocycles. The lowest BCUT2D eigenvalue weighted by Gasteiger charge is -2.28. The van der Waals surface area contributed by atoms with Crippen LogP contribution in [0.2, 0.25) is 0 Å². The third-order valence-corrected chi connectivity index (χ3v) is 6.51. The predicted molar refractivity (Wildman–Crippen MR) is 119 cm³/mol. The summed E-state index contributed by atoms with van der Waals surface area (Å²) in [6.45, 7) is 1.46. The Morgan fingerprint density at radius 1 is 1.36 bits per heavy atom. The molecule has 1 aliphatic heterocycles. The van der Waals surface area contributed by atoms with Gasteiger partial charge in [-0.1, -0.05) is 6.08 Å². The molecular weight excluding hydrogens is 427 g/mol. The molecule has 9 heteroatoms. The van der Waals surface area contributed by atoms with Gasteiger partial charge in [0, 0.05) is 13.0 Å². The molecule has 172 valence electrons. The highest BCUT2D eigenvalue weighted by molar-refractivity contribution is 5.93. The van der Waals surface area contributed by atoms with Crippen molar-refractivity contribution in [2.24, 2.45) is 5.92 Å². The molecule has 0 radical (unpaired) electrons. The monoisotopic (exact) mass is 452 g/mol. The summed E-state index contributed by atoms with van der Waals surface area (Å²) in [5, 5.41) is 0. The number of nitrogens with zero attached hydrogens (tertiary/aromatic N) is 3. The molecule has 8 nitrogen and oxygen atoms in total. The van der Waals surface area contributed by atoms with Crippen molar-refractivity contribution in [2.75, 3.05) is 13.7 Å². The summed E-state index contributed by atoms with van der Waals surface area (Å²) in [6, 6.07) is 5.41. The molecule has 2 aliphatic rings. The maximum Gasteiger partial charge on any atom is 0.345 e. The minimum absolute atomic E-state index is 0.146.